The summed E-state index contributed by atoms with van der Waals surface area (Å²) in [7, 11) is 0. The lowest BCUT2D eigenvalue weighted by Gasteiger charge is -1.71. The summed E-state index contributed by atoms with van der Waals surface area (Å²) in [5, 5.41) is 7.75. The topological polar surface area (TPSA) is 71.3 Å². The van der Waals surface area contributed by atoms with E-state index in [1.54, 1.807) is 0 Å². The molecule has 2 rings (SSSR count). The fourth-order valence-corrected chi connectivity index (χ4v) is 0.0962. The SMILES string of the molecule is C1CO1.CC1CO1.NCCO. The molecule has 11 heavy (non-hydrogen) atoms. The first-order valence-electron chi connectivity index (χ1n) is 3.81. The zero-order valence-corrected chi connectivity index (χ0v) is 6.95. The van der Waals surface area contributed by atoms with Crippen molar-refractivity contribution in [3.8, 4) is 0 Å². The largest absolute Gasteiger partial charge is 0.395 e. The Labute approximate surface area is 67.3 Å². The molecule has 2 fully saturated rings. The van der Waals surface area contributed by atoms with E-state index in [1.807, 2.05) is 0 Å². The van der Waals surface area contributed by atoms with Crippen molar-refractivity contribution < 1.29 is 14.6 Å². The number of epoxide rings is 2. The van der Waals surface area contributed by atoms with Gasteiger partial charge in [0.15, 0.2) is 0 Å². The Morgan fingerprint density at radius 3 is 1.82 bits per heavy atom. The fraction of sp³-hybridized carbons (Fsp3) is 1.00. The number of aliphatic hydroxyl groups is 1. The molecule has 2 heterocycles. The molecule has 4 heteroatoms. The Morgan fingerprint density at radius 2 is 1.82 bits per heavy atom. The second-order valence-electron chi connectivity index (χ2n) is 2.27. The third-order valence-corrected chi connectivity index (χ3v) is 0.833. The standard InChI is InChI=1S/C3H6O.C2H7NO.C2H4O/c1-3-2-4-3;3-1-2-4;1-2-3-1/h3H,2H2,1H3;4H,1-3H2;1-2H2. The Hall–Kier alpha value is -0.160. The second kappa shape index (κ2) is 7.94. The van der Waals surface area contributed by atoms with Crippen molar-refractivity contribution in [3.05, 3.63) is 0 Å². The lowest BCUT2D eigenvalue weighted by atomic mass is 10.6. The van der Waals surface area contributed by atoms with Gasteiger partial charge in [-0.05, 0) is 6.92 Å². The molecule has 2 aliphatic heterocycles. The molecule has 0 aromatic heterocycles. The van der Waals surface area contributed by atoms with Crippen molar-refractivity contribution in [3.63, 3.8) is 0 Å². The van der Waals surface area contributed by atoms with Crippen LogP contribution in [0.15, 0.2) is 0 Å². The van der Waals surface area contributed by atoms with Crippen molar-refractivity contribution in [1.82, 2.24) is 0 Å². The molecule has 2 saturated heterocycles. The predicted octanol–water partition coefficient (Wildman–Crippen LogP) is -0.641. The second-order valence-corrected chi connectivity index (χ2v) is 2.27. The van der Waals surface area contributed by atoms with Crippen LogP contribution in [0.3, 0.4) is 0 Å². The van der Waals surface area contributed by atoms with Crippen LogP contribution in [0.1, 0.15) is 6.92 Å². The number of nitrogens with two attached hydrogens (primary N) is 1. The maximum atomic E-state index is 7.75. The van der Waals surface area contributed by atoms with Gasteiger partial charge in [0.2, 0.25) is 0 Å². The summed E-state index contributed by atoms with van der Waals surface area (Å²) >= 11 is 0. The zero-order valence-electron chi connectivity index (χ0n) is 6.95. The van der Waals surface area contributed by atoms with Crippen LogP contribution in [0, 0.1) is 0 Å². The lowest BCUT2D eigenvalue weighted by molar-refractivity contribution is 0.306. The van der Waals surface area contributed by atoms with Crippen LogP contribution >= 0.6 is 0 Å². The van der Waals surface area contributed by atoms with Crippen LogP contribution in [0.4, 0.5) is 0 Å². The summed E-state index contributed by atoms with van der Waals surface area (Å²) in [6, 6.07) is 0. The van der Waals surface area contributed by atoms with E-state index in [1.165, 1.54) is 0 Å². The van der Waals surface area contributed by atoms with Crippen LogP contribution in [0.25, 0.3) is 0 Å². The van der Waals surface area contributed by atoms with E-state index in [2.05, 4.69) is 11.7 Å². The predicted molar refractivity (Wildman–Crippen MR) is 42.4 cm³/mol. The lowest BCUT2D eigenvalue weighted by Crippen LogP contribution is -2.02. The fourth-order valence-electron chi connectivity index (χ4n) is 0.0962. The molecule has 68 valence electrons. The van der Waals surface area contributed by atoms with Gasteiger partial charge in [0.05, 0.1) is 32.5 Å². The summed E-state index contributed by atoms with van der Waals surface area (Å²) < 4.78 is 9.21. The Balaban J connectivity index is 0.000000137. The van der Waals surface area contributed by atoms with E-state index in [-0.39, 0.29) is 6.61 Å². The van der Waals surface area contributed by atoms with Crippen molar-refractivity contribution in [2.45, 2.75) is 13.0 Å². The molecular formula is C7H17NO3. The maximum Gasteiger partial charge on any atom is 0.0781 e. The van der Waals surface area contributed by atoms with Crippen molar-refractivity contribution in [1.29, 1.82) is 0 Å². The van der Waals surface area contributed by atoms with E-state index >= 15 is 0 Å². The smallest absolute Gasteiger partial charge is 0.0781 e. The van der Waals surface area contributed by atoms with Crippen molar-refractivity contribution >= 4 is 0 Å². The van der Waals surface area contributed by atoms with Crippen molar-refractivity contribution in [2.24, 2.45) is 5.73 Å². The number of rotatable bonds is 1. The number of hydrogen-bond acceptors (Lipinski definition) is 4. The minimum absolute atomic E-state index is 0.0972. The van der Waals surface area contributed by atoms with Crippen LogP contribution in [0.5, 0.6) is 0 Å². The maximum absolute atomic E-state index is 7.75. The van der Waals surface area contributed by atoms with Crippen LogP contribution in [-0.4, -0.2) is 44.2 Å². The van der Waals surface area contributed by atoms with Gasteiger partial charge in [-0.1, -0.05) is 0 Å². The normalized spacial score (nSPS) is 23.7. The van der Waals surface area contributed by atoms with Gasteiger partial charge >= 0.3 is 0 Å². The summed E-state index contributed by atoms with van der Waals surface area (Å²) in [5.74, 6) is 0. The summed E-state index contributed by atoms with van der Waals surface area (Å²) in [4.78, 5) is 0. The van der Waals surface area contributed by atoms with E-state index in [4.69, 9.17) is 15.6 Å². The molecule has 0 aromatic carbocycles. The van der Waals surface area contributed by atoms with Gasteiger partial charge in [-0.2, -0.15) is 0 Å². The van der Waals surface area contributed by atoms with Gasteiger partial charge in [-0.15, -0.1) is 0 Å². The first-order valence-corrected chi connectivity index (χ1v) is 3.81. The van der Waals surface area contributed by atoms with Crippen LogP contribution < -0.4 is 5.73 Å². The highest BCUT2D eigenvalue weighted by molar-refractivity contribution is 4.58. The minimum atomic E-state index is 0.0972. The average molecular weight is 163 g/mol. The Kier molecular flexibility index (Phi) is 7.83. The monoisotopic (exact) mass is 163 g/mol. The van der Waals surface area contributed by atoms with Crippen LogP contribution in [0.2, 0.25) is 0 Å². The first kappa shape index (κ1) is 10.8. The van der Waals surface area contributed by atoms with E-state index in [0.717, 1.165) is 19.8 Å². The van der Waals surface area contributed by atoms with Gasteiger partial charge in [0, 0.05) is 6.54 Å². The molecule has 1 unspecified atom stereocenters. The van der Waals surface area contributed by atoms with Gasteiger partial charge < -0.3 is 20.3 Å². The molecule has 4 nitrogen and oxygen atoms in total. The molecule has 0 amide bonds. The molecule has 2 aliphatic rings. The first-order chi connectivity index (χ1) is 5.31. The van der Waals surface area contributed by atoms with E-state index in [0.29, 0.717) is 12.6 Å². The number of hydrogen-bond donors (Lipinski definition) is 2. The van der Waals surface area contributed by atoms with E-state index < -0.39 is 0 Å². The molecule has 0 saturated carbocycles. The zero-order chi connectivity index (χ0) is 8.53. The van der Waals surface area contributed by atoms with Gasteiger partial charge in [-0.25, -0.2) is 0 Å². The number of ether oxygens (including phenoxy) is 2. The molecule has 0 aromatic rings. The van der Waals surface area contributed by atoms with Gasteiger partial charge in [0.25, 0.3) is 0 Å². The van der Waals surface area contributed by atoms with Crippen LogP contribution in [-0.2, 0) is 9.47 Å². The minimum Gasteiger partial charge on any atom is -0.395 e. The number of aliphatic hydroxyl groups excluding tert-OH is 1. The van der Waals surface area contributed by atoms with Gasteiger partial charge in [0.1, 0.15) is 0 Å². The molecule has 1 atom stereocenters. The Bertz CT molecular complexity index is 69.3. The molecule has 3 N–H and O–H groups in total. The van der Waals surface area contributed by atoms with Gasteiger partial charge in [-0.3, -0.25) is 0 Å². The quantitative estimate of drug-likeness (QED) is 0.504. The summed E-state index contributed by atoms with van der Waals surface area (Å²) in [6.45, 7) is 5.51. The molecule has 0 radical (unpaired) electrons. The Morgan fingerprint density at radius 1 is 1.55 bits per heavy atom. The highest BCUT2D eigenvalue weighted by Gasteiger charge is 2.13. The highest BCUT2D eigenvalue weighted by Crippen LogP contribution is 2.04. The average Bonchev–Trinajstić information content (AvgIpc) is 2.81. The third-order valence-electron chi connectivity index (χ3n) is 0.833. The molecule has 0 aliphatic carbocycles. The molecule has 0 spiro atoms. The molecular weight excluding hydrogens is 146 g/mol. The van der Waals surface area contributed by atoms with E-state index in [9.17, 15) is 0 Å². The summed E-state index contributed by atoms with van der Waals surface area (Å²) in [6.07, 6.45) is 0.583. The third kappa shape index (κ3) is 25.8. The highest BCUT2D eigenvalue weighted by atomic mass is 16.6. The summed E-state index contributed by atoms with van der Waals surface area (Å²) in [5.41, 5.74) is 4.78. The van der Waals surface area contributed by atoms with Crippen molar-refractivity contribution in [2.75, 3.05) is 33.0 Å². The molecule has 0 bridgehead atoms.